The van der Waals surface area contributed by atoms with Gasteiger partial charge in [0.25, 0.3) is 0 Å². The lowest BCUT2D eigenvalue weighted by atomic mass is 10.1. The molecule has 0 saturated heterocycles. The van der Waals surface area contributed by atoms with Crippen LogP contribution in [0.3, 0.4) is 0 Å². The fraction of sp³-hybridized carbons (Fsp3) is 0.533. The zero-order valence-electron chi connectivity index (χ0n) is 14.8. The van der Waals surface area contributed by atoms with Crippen LogP contribution in [0.1, 0.15) is 53.4 Å². The van der Waals surface area contributed by atoms with Gasteiger partial charge in [0.2, 0.25) is 0 Å². The second-order valence-electron chi connectivity index (χ2n) is 5.85. The fourth-order valence-electron chi connectivity index (χ4n) is 1.80. The highest BCUT2D eigenvalue weighted by atomic mass is 31.3. The molecular weight excluding hydrogens is 370 g/mol. The van der Waals surface area contributed by atoms with Gasteiger partial charge in [0, 0.05) is 6.08 Å². The predicted octanol–water partition coefficient (Wildman–Crippen LogP) is 4.16. The third-order valence-corrected chi connectivity index (χ3v) is 4.99. The molecule has 10 heteroatoms. The Labute approximate surface area is 148 Å². The molecule has 8 nitrogen and oxygen atoms in total. The normalized spacial score (nSPS) is 15.5. The van der Waals surface area contributed by atoms with E-state index in [0.717, 1.165) is 18.9 Å². The van der Waals surface area contributed by atoms with Gasteiger partial charge in [-0.15, -0.1) is 0 Å². The van der Waals surface area contributed by atoms with Crippen LogP contribution in [0.25, 0.3) is 0 Å². The van der Waals surface area contributed by atoms with Gasteiger partial charge in [-0.1, -0.05) is 28.9 Å². The minimum Gasteiger partial charge on any atom is -0.367 e. The maximum atomic E-state index is 11.5. The van der Waals surface area contributed by atoms with Gasteiger partial charge in [0.05, 0.1) is 0 Å². The second-order valence-corrected chi connectivity index (χ2v) is 8.61. The SMILES string of the molecule is CC(C)=CCCC(C)=CCCC(C)=CC(=O)OP(=O)(O)OP(=O)(O)O. The lowest BCUT2D eigenvalue weighted by Gasteiger charge is -2.10. The van der Waals surface area contributed by atoms with Crippen LogP contribution < -0.4 is 0 Å². The molecule has 0 saturated carbocycles. The summed E-state index contributed by atoms with van der Waals surface area (Å²) in [5.41, 5.74) is 3.09. The molecule has 0 radical (unpaired) electrons. The summed E-state index contributed by atoms with van der Waals surface area (Å²) < 4.78 is 29.3. The fourth-order valence-corrected chi connectivity index (χ4v) is 3.29. The standard InChI is InChI=1S/C15H26O8P2/c1-12(2)7-5-8-13(3)9-6-10-14(4)11-15(16)22-25(20,21)23-24(17,18)19/h7,9,11H,5-6,8,10H2,1-4H3,(H,20,21)(H2,17,18,19). The van der Waals surface area contributed by atoms with E-state index in [-0.39, 0.29) is 0 Å². The summed E-state index contributed by atoms with van der Waals surface area (Å²) in [6.07, 6.45) is 8.33. The number of hydrogen-bond donors (Lipinski definition) is 3. The summed E-state index contributed by atoms with van der Waals surface area (Å²) in [5, 5.41) is 0. The third-order valence-electron chi connectivity index (χ3n) is 2.90. The highest BCUT2D eigenvalue weighted by Gasteiger charge is 2.35. The Bertz CT molecular complexity index is 638. The van der Waals surface area contributed by atoms with Crippen molar-refractivity contribution in [3.63, 3.8) is 0 Å². The molecule has 0 aliphatic carbocycles. The van der Waals surface area contributed by atoms with Crippen LogP contribution in [0.4, 0.5) is 0 Å². The summed E-state index contributed by atoms with van der Waals surface area (Å²) >= 11 is 0. The molecule has 0 rings (SSSR count). The Balaban J connectivity index is 4.44. The zero-order valence-corrected chi connectivity index (χ0v) is 16.6. The summed E-state index contributed by atoms with van der Waals surface area (Å²) in [5.74, 6) is -1.21. The molecular formula is C15H26O8P2. The molecule has 0 aromatic heterocycles. The predicted molar refractivity (Wildman–Crippen MR) is 94.5 cm³/mol. The van der Waals surface area contributed by atoms with E-state index in [1.165, 1.54) is 11.1 Å². The van der Waals surface area contributed by atoms with Crippen LogP contribution in [0.15, 0.2) is 34.9 Å². The van der Waals surface area contributed by atoms with E-state index in [2.05, 4.69) is 21.0 Å². The number of carbonyl (C=O) groups excluding carboxylic acids is 1. The minimum atomic E-state index is -5.24. The van der Waals surface area contributed by atoms with E-state index in [0.29, 0.717) is 18.4 Å². The second kappa shape index (κ2) is 10.9. The lowest BCUT2D eigenvalue weighted by molar-refractivity contribution is -0.130. The summed E-state index contributed by atoms with van der Waals surface area (Å²) in [4.78, 5) is 37.4. The van der Waals surface area contributed by atoms with Crippen molar-refractivity contribution < 1.29 is 37.4 Å². The van der Waals surface area contributed by atoms with Gasteiger partial charge in [0.1, 0.15) is 0 Å². The monoisotopic (exact) mass is 396 g/mol. The van der Waals surface area contributed by atoms with Crippen molar-refractivity contribution in [1.82, 2.24) is 0 Å². The van der Waals surface area contributed by atoms with Crippen molar-refractivity contribution in [2.75, 3.05) is 0 Å². The van der Waals surface area contributed by atoms with Gasteiger partial charge in [-0.05, 0) is 53.4 Å². The first-order chi connectivity index (χ1) is 11.3. The highest BCUT2D eigenvalue weighted by Crippen LogP contribution is 2.57. The van der Waals surface area contributed by atoms with Crippen molar-refractivity contribution in [3.05, 3.63) is 34.9 Å². The van der Waals surface area contributed by atoms with Crippen LogP contribution >= 0.6 is 15.6 Å². The van der Waals surface area contributed by atoms with Gasteiger partial charge in [-0.3, -0.25) is 4.89 Å². The molecule has 0 aliphatic rings. The van der Waals surface area contributed by atoms with E-state index in [1.807, 2.05) is 20.8 Å². The first-order valence-corrected chi connectivity index (χ1v) is 10.6. The Hall–Kier alpha value is -1.01. The van der Waals surface area contributed by atoms with Gasteiger partial charge >= 0.3 is 21.6 Å². The van der Waals surface area contributed by atoms with E-state index >= 15 is 0 Å². The molecule has 0 aromatic carbocycles. The van der Waals surface area contributed by atoms with Gasteiger partial charge in [-0.2, -0.15) is 4.31 Å². The molecule has 0 aliphatic heterocycles. The van der Waals surface area contributed by atoms with Gasteiger partial charge in [-0.25, -0.2) is 13.9 Å². The van der Waals surface area contributed by atoms with Crippen LogP contribution in [0.2, 0.25) is 0 Å². The molecule has 0 aromatic rings. The van der Waals surface area contributed by atoms with Crippen molar-refractivity contribution >= 4 is 21.6 Å². The van der Waals surface area contributed by atoms with Gasteiger partial charge in [0.15, 0.2) is 0 Å². The lowest BCUT2D eigenvalue weighted by Crippen LogP contribution is -2.01. The van der Waals surface area contributed by atoms with E-state index in [9.17, 15) is 13.9 Å². The Morgan fingerprint density at radius 1 is 0.920 bits per heavy atom. The number of carbonyl (C=O) groups is 1. The summed E-state index contributed by atoms with van der Waals surface area (Å²) in [7, 11) is -10.4. The van der Waals surface area contributed by atoms with Crippen LogP contribution in [-0.2, 0) is 22.8 Å². The molecule has 1 unspecified atom stereocenters. The third kappa shape index (κ3) is 15.0. The van der Waals surface area contributed by atoms with Crippen LogP contribution in [0.5, 0.6) is 0 Å². The number of phosphoric acid groups is 2. The Morgan fingerprint density at radius 3 is 1.96 bits per heavy atom. The molecule has 0 spiro atoms. The van der Waals surface area contributed by atoms with E-state index in [1.54, 1.807) is 6.92 Å². The molecule has 0 heterocycles. The summed E-state index contributed by atoms with van der Waals surface area (Å²) in [6.45, 7) is 7.75. The first-order valence-electron chi connectivity index (χ1n) is 7.60. The number of phosphoric ester groups is 1. The topological polar surface area (TPSA) is 130 Å². The van der Waals surface area contributed by atoms with Crippen LogP contribution in [0, 0.1) is 0 Å². The van der Waals surface area contributed by atoms with E-state index in [4.69, 9.17) is 14.7 Å². The maximum Gasteiger partial charge on any atom is 0.538 e. The first kappa shape index (κ1) is 24.0. The molecule has 144 valence electrons. The van der Waals surface area contributed by atoms with E-state index < -0.39 is 21.6 Å². The highest BCUT2D eigenvalue weighted by molar-refractivity contribution is 7.61. The molecule has 0 amide bonds. The number of allylic oxidation sites excluding steroid dienone is 5. The minimum absolute atomic E-state index is 0.532. The Morgan fingerprint density at radius 2 is 1.44 bits per heavy atom. The van der Waals surface area contributed by atoms with Gasteiger partial charge < -0.3 is 14.3 Å². The average Bonchev–Trinajstić information content (AvgIpc) is 2.33. The van der Waals surface area contributed by atoms with Crippen molar-refractivity contribution in [2.24, 2.45) is 0 Å². The molecule has 0 fully saturated rings. The molecule has 1 atom stereocenters. The zero-order chi connectivity index (χ0) is 19.7. The summed E-state index contributed by atoms with van der Waals surface area (Å²) in [6, 6.07) is 0. The quantitative estimate of drug-likeness (QED) is 0.285. The number of rotatable bonds is 10. The molecule has 3 N–H and O–H groups in total. The van der Waals surface area contributed by atoms with Crippen LogP contribution in [-0.4, -0.2) is 20.6 Å². The smallest absolute Gasteiger partial charge is 0.367 e. The average molecular weight is 396 g/mol. The maximum absolute atomic E-state index is 11.5. The Kier molecular flexibility index (Phi) is 10.4. The largest absolute Gasteiger partial charge is 0.538 e. The van der Waals surface area contributed by atoms with Crippen molar-refractivity contribution in [3.8, 4) is 0 Å². The molecule has 0 bridgehead atoms. The van der Waals surface area contributed by atoms with Crippen molar-refractivity contribution in [2.45, 2.75) is 53.4 Å². The van der Waals surface area contributed by atoms with Crippen molar-refractivity contribution in [1.29, 1.82) is 0 Å². The molecule has 25 heavy (non-hydrogen) atoms. The number of hydrogen-bond acceptors (Lipinski definition) is 5.